The van der Waals surface area contributed by atoms with Crippen molar-refractivity contribution in [2.45, 2.75) is 19.4 Å². The molecule has 0 aromatic heterocycles. The van der Waals surface area contributed by atoms with Crippen LogP contribution in [0.15, 0.2) is 22.7 Å². The minimum atomic E-state index is -0.408. The molecule has 0 amide bonds. The van der Waals surface area contributed by atoms with Gasteiger partial charge in [0.15, 0.2) is 0 Å². The number of hydrogen-bond acceptors (Lipinski definition) is 3. The van der Waals surface area contributed by atoms with E-state index in [1.807, 2.05) is 13.0 Å². The molecule has 0 bridgehead atoms. The Labute approximate surface area is 90.4 Å². The van der Waals surface area contributed by atoms with Gasteiger partial charge in [-0.3, -0.25) is 10.1 Å². The van der Waals surface area contributed by atoms with Crippen molar-refractivity contribution in [2.75, 3.05) is 0 Å². The molecule has 0 aliphatic rings. The predicted molar refractivity (Wildman–Crippen MR) is 58.1 cm³/mol. The second kappa shape index (κ2) is 4.52. The van der Waals surface area contributed by atoms with E-state index < -0.39 is 4.92 Å². The molecule has 0 unspecified atom stereocenters. The lowest BCUT2D eigenvalue weighted by molar-refractivity contribution is -0.385. The first-order chi connectivity index (χ1) is 6.52. The van der Waals surface area contributed by atoms with E-state index in [0.717, 1.165) is 5.56 Å². The van der Waals surface area contributed by atoms with Crippen molar-refractivity contribution < 1.29 is 4.92 Å². The molecule has 4 nitrogen and oxygen atoms in total. The Morgan fingerprint density at radius 3 is 2.79 bits per heavy atom. The molecule has 2 N–H and O–H groups in total. The van der Waals surface area contributed by atoms with Gasteiger partial charge in [0.25, 0.3) is 5.69 Å². The van der Waals surface area contributed by atoms with Crippen molar-refractivity contribution in [1.29, 1.82) is 0 Å². The van der Waals surface area contributed by atoms with Crippen molar-refractivity contribution in [3.05, 3.63) is 38.3 Å². The van der Waals surface area contributed by atoms with Gasteiger partial charge in [0, 0.05) is 12.1 Å². The van der Waals surface area contributed by atoms with E-state index in [2.05, 4.69) is 15.9 Å². The van der Waals surface area contributed by atoms with Gasteiger partial charge in [-0.1, -0.05) is 12.1 Å². The highest BCUT2D eigenvalue weighted by Crippen LogP contribution is 2.28. The van der Waals surface area contributed by atoms with Gasteiger partial charge < -0.3 is 5.73 Å². The maximum atomic E-state index is 10.6. The fourth-order valence-corrected chi connectivity index (χ4v) is 1.78. The molecular weight excluding hydrogens is 248 g/mol. The molecule has 0 spiro atoms. The Hall–Kier alpha value is -0.940. The first-order valence-corrected chi connectivity index (χ1v) is 4.99. The molecule has 14 heavy (non-hydrogen) atoms. The molecular formula is C9H11BrN2O2. The van der Waals surface area contributed by atoms with Crippen LogP contribution in [0.1, 0.15) is 12.5 Å². The van der Waals surface area contributed by atoms with Gasteiger partial charge in [0.1, 0.15) is 0 Å². The zero-order chi connectivity index (χ0) is 10.7. The molecule has 0 aliphatic heterocycles. The zero-order valence-electron chi connectivity index (χ0n) is 7.74. The fourth-order valence-electron chi connectivity index (χ4n) is 1.21. The summed E-state index contributed by atoms with van der Waals surface area (Å²) in [6.45, 7) is 1.87. The molecule has 76 valence electrons. The number of halogens is 1. The molecule has 0 radical (unpaired) electrons. The molecule has 1 aromatic rings. The Morgan fingerprint density at radius 2 is 2.29 bits per heavy atom. The minimum absolute atomic E-state index is 0.00620. The molecule has 0 saturated carbocycles. The SMILES string of the molecule is C[C@H](N)Cc1cccc([N+](=O)[O-])c1Br. The third-order valence-corrected chi connectivity index (χ3v) is 2.71. The third-order valence-electron chi connectivity index (χ3n) is 1.80. The summed E-state index contributed by atoms with van der Waals surface area (Å²) in [4.78, 5) is 10.2. The molecule has 1 aromatic carbocycles. The maximum Gasteiger partial charge on any atom is 0.283 e. The largest absolute Gasteiger partial charge is 0.328 e. The maximum absolute atomic E-state index is 10.6. The lowest BCUT2D eigenvalue weighted by atomic mass is 10.1. The van der Waals surface area contributed by atoms with E-state index in [9.17, 15) is 10.1 Å². The fraction of sp³-hybridized carbons (Fsp3) is 0.333. The monoisotopic (exact) mass is 258 g/mol. The normalized spacial score (nSPS) is 12.5. The topological polar surface area (TPSA) is 69.2 Å². The van der Waals surface area contributed by atoms with Crippen LogP contribution in [0.4, 0.5) is 5.69 Å². The summed E-state index contributed by atoms with van der Waals surface area (Å²) in [7, 11) is 0. The molecule has 0 aliphatic carbocycles. The Morgan fingerprint density at radius 1 is 1.64 bits per heavy atom. The van der Waals surface area contributed by atoms with E-state index in [1.165, 1.54) is 6.07 Å². The average molecular weight is 259 g/mol. The quantitative estimate of drug-likeness (QED) is 0.668. The van der Waals surface area contributed by atoms with Crippen molar-refractivity contribution >= 4 is 21.6 Å². The van der Waals surface area contributed by atoms with E-state index in [4.69, 9.17) is 5.73 Å². The van der Waals surface area contributed by atoms with Crippen LogP contribution in [0.2, 0.25) is 0 Å². The molecule has 1 rings (SSSR count). The highest BCUT2D eigenvalue weighted by Gasteiger charge is 2.14. The summed E-state index contributed by atoms with van der Waals surface area (Å²) in [5.41, 5.74) is 6.58. The Balaban J connectivity index is 3.07. The van der Waals surface area contributed by atoms with Crippen molar-refractivity contribution in [1.82, 2.24) is 0 Å². The van der Waals surface area contributed by atoms with E-state index in [0.29, 0.717) is 10.9 Å². The van der Waals surface area contributed by atoms with Gasteiger partial charge in [0.2, 0.25) is 0 Å². The number of rotatable bonds is 3. The summed E-state index contributed by atoms with van der Waals surface area (Å²) < 4.78 is 0.530. The van der Waals surface area contributed by atoms with E-state index in [1.54, 1.807) is 6.07 Å². The summed E-state index contributed by atoms with van der Waals surface area (Å²) in [6, 6.07) is 4.96. The number of nitrogens with two attached hydrogens (primary N) is 1. The van der Waals surface area contributed by atoms with E-state index in [-0.39, 0.29) is 11.7 Å². The Bertz CT molecular complexity index is 353. The van der Waals surface area contributed by atoms with E-state index >= 15 is 0 Å². The zero-order valence-corrected chi connectivity index (χ0v) is 9.32. The summed E-state index contributed by atoms with van der Waals surface area (Å²) in [5.74, 6) is 0. The number of hydrogen-bond donors (Lipinski definition) is 1. The second-order valence-corrected chi connectivity index (χ2v) is 3.98. The first-order valence-electron chi connectivity index (χ1n) is 4.19. The summed E-state index contributed by atoms with van der Waals surface area (Å²) in [5, 5.41) is 10.6. The standard InChI is InChI=1S/C9H11BrN2O2/c1-6(11)5-7-3-2-4-8(9(7)10)12(13)14/h2-4,6H,5,11H2,1H3/t6-/m0/s1. The molecule has 0 fully saturated rings. The summed E-state index contributed by atoms with van der Waals surface area (Å²) in [6.07, 6.45) is 0.627. The minimum Gasteiger partial charge on any atom is -0.328 e. The van der Waals surface area contributed by atoms with Crippen LogP contribution in [0.25, 0.3) is 0 Å². The van der Waals surface area contributed by atoms with Crippen LogP contribution >= 0.6 is 15.9 Å². The van der Waals surface area contributed by atoms with Gasteiger partial charge in [-0.15, -0.1) is 0 Å². The number of nitrogens with zero attached hydrogens (tertiary/aromatic N) is 1. The Kier molecular flexibility index (Phi) is 3.60. The summed E-state index contributed by atoms with van der Waals surface area (Å²) >= 11 is 3.21. The molecule has 5 heteroatoms. The second-order valence-electron chi connectivity index (χ2n) is 3.19. The van der Waals surface area contributed by atoms with Crippen LogP contribution in [0, 0.1) is 10.1 Å². The number of benzene rings is 1. The van der Waals surface area contributed by atoms with Gasteiger partial charge in [-0.25, -0.2) is 0 Å². The van der Waals surface area contributed by atoms with Crippen molar-refractivity contribution in [2.24, 2.45) is 5.73 Å². The number of nitro groups is 1. The van der Waals surface area contributed by atoms with Crippen LogP contribution < -0.4 is 5.73 Å². The van der Waals surface area contributed by atoms with Crippen LogP contribution in [-0.2, 0) is 6.42 Å². The van der Waals surface area contributed by atoms with Gasteiger partial charge in [0.05, 0.1) is 9.40 Å². The van der Waals surface area contributed by atoms with Crippen LogP contribution in [0.5, 0.6) is 0 Å². The third kappa shape index (κ3) is 2.52. The number of nitro benzene ring substituents is 1. The lowest BCUT2D eigenvalue weighted by Gasteiger charge is -2.07. The molecule has 0 heterocycles. The van der Waals surface area contributed by atoms with Gasteiger partial charge in [-0.05, 0) is 34.8 Å². The first kappa shape index (κ1) is 11.1. The lowest BCUT2D eigenvalue weighted by Crippen LogP contribution is -2.18. The van der Waals surface area contributed by atoms with Gasteiger partial charge >= 0.3 is 0 Å². The highest BCUT2D eigenvalue weighted by molar-refractivity contribution is 9.10. The van der Waals surface area contributed by atoms with Crippen LogP contribution in [-0.4, -0.2) is 11.0 Å². The smallest absolute Gasteiger partial charge is 0.283 e. The highest BCUT2D eigenvalue weighted by atomic mass is 79.9. The van der Waals surface area contributed by atoms with Crippen molar-refractivity contribution in [3.63, 3.8) is 0 Å². The van der Waals surface area contributed by atoms with Crippen molar-refractivity contribution in [3.8, 4) is 0 Å². The molecule has 1 atom stereocenters. The molecule has 0 saturated heterocycles. The van der Waals surface area contributed by atoms with Gasteiger partial charge in [-0.2, -0.15) is 0 Å². The predicted octanol–water partition coefficient (Wildman–Crippen LogP) is 2.25. The van der Waals surface area contributed by atoms with Crippen LogP contribution in [0.3, 0.4) is 0 Å². The average Bonchev–Trinajstić information content (AvgIpc) is 2.07.